The van der Waals surface area contributed by atoms with Crippen LogP contribution < -0.4 is 5.32 Å². The first-order valence-electron chi connectivity index (χ1n) is 6.69. The highest BCUT2D eigenvalue weighted by Crippen LogP contribution is 2.05. The van der Waals surface area contributed by atoms with E-state index in [0.29, 0.717) is 18.2 Å². The smallest absolute Gasteiger partial charge is 0.244 e. The van der Waals surface area contributed by atoms with Gasteiger partial charge in [0.2, 0.25) is 5.91 Å². The molecule has 0 unspecified atom stereocenters. The van der Waals surface area contributed by atoms with Crippen molar-refractivity contribution in [2.45, 2.75) is 19.9 Å². The highest BCUT2D eigenvalue weighted by molar-refractivity contribution is 5.91. The van der Waals surface area contributed by atoms with E-state index in [1.807, 2.05) is 13.1 Å². The largest absolute Gasteiger partial charge is 0.351 e. The van der Waals surface area contributed by atoms with Crippen LogP contribution in [-0.2, 0) is 4.79 Å². The molecule has 1 amide bonds. The third-order valence-corrected chi connectivity index (χ3v) is 3.09. The minimum Gasteiger partial charge on any atom is -0.351 e. The Morgan fingerprint density at radius 2 is 2.25 bits per heavy atom. The molecule has 0 saturated heterocycles. The molecule has 0 aliphatic rings. The first kappa shape index (κ1) is 15.9. The molecular weight excluding hydrogens is 250 g/mol. The normalized spacial score (nSPS) is 11.0. The van der Waals surface area contributed by atoms with Crippen molar-refractivity contribution >= 4 is 12.0 Å². The van der Waals surface area contributed by atoms with Gasteiger partial charge in [0.25, 0.3) is 0 Å². The molecule has 0 spiro atoms. The molecule has 4 heteroatoms. The first-order chi connectivity index (χ1) is 9.52. The Kier molecular flexibility index (Phi) is 6.48. The highest BCUT2D eigenvalue weighted by atomic mass is 16.1. The van der Waals surface area contributed by atoms with E-state index in [2.05, 4.69) is 30.1 Å². The Balaban J connectivity index is 2.42. The lowest BCUT2D eigenvalue weighted by molar-refractivity contribution is -0.116. The maximum atomic E-state index is 11.6. The van der Waals surface area contributed by atoms with Crippen molar-refractivity contribution < 1.29 is 4.79 Å². The van der Waals surface area contributed by atoms with Crippen molar-refractivity contribution in [3.63, 3.8) is 0 Å². The molecule has 1 rings (SSSR count). The molecule has 4 nitrogen and oxygen atoms in total. The molecule has 0 bridgehead atoms. The minimum absolute atomic E-state index is 0.121. The molecule has 1 aromatic rings. The Hall–Kier alpha value is -2.12. The Morgan fingerprint density at radius 1 is 1.50 bits per heavy atom. The molecular formula is C16H21N3O. The third-order valence-electron chi connectivity index (χ3n) is 3.09. The molecule has 0 aliphatic carbocycles. The topological polar surface area (TPSA) is 56.1 Å². The molecule has 0 atom stereocenters. The summed E-state index contributed by atoms with van der Waals surface area (Å²) in [4.78, 5) is 13.8. The van der Waals surface area contributed by atoms with Gasteiger partial charge in [-0.1, -0.05) is 12.1 Å². The van der Waals surface area contributed by atoms with Crippen molar-refractivity contribution in [3.8, 4) is 6.07 Å². The quantitative estimate of drug-likeness (QED) is 0.805. The summed E-state index contributed by atoms with van der Waals surface area (Å²) in [5.41, 5.74) is 1.43. The predicted octanol–water partition coefficient (Wildman–Crippen LogP) is 2.03. The van der Waals surface area contributed by atoms with Crippen LogP contribution in [0.1, 0.15) is 25.0 Å². The standard InChI is InChI=1S/C16H21N3O/c1-13(2)19(3)10-9-18-16(20)8-7-14-5-4-6-15(11-14)12-17/h4-8,11,13H,9-10H2,1-3H3,(H,18,20). The van der Waals surface area contributed by atoms with Crippen LogP contribution in [0.25, 0.3) is 6.08 Å². The van der Waals surface area contributed by atoms with Crippen molar-refractivity contribution in [1.29, 1.82) is 5.26 Å². The van der Waals surface area contributed by atoms with Crippen LogP contribution in [0.3, 0.4) is 0 Å². The number of nitrogens with one attached hydrogen (secondary N) is 1. The molecule has 0 saturated carbocycles. The second kappa shape index (κ2) is 8.13. The molecule has 0 heterocycles. The zero-order chi connectivity index (χ0) is 15.0. The molecule has 1 N–H and O–H groups in total. The van der Waals surface area contributed by atoms with Gasteiger partial charge in [-0.15, -0.1) is 0 Å². The number of nitrogens with zero attached hydrogens (tertiary/aromatic N) is 2. The van der Waals surface area contributed by atoms with Crippen LogP contribution >= 0.6 is 0 Å². The van der Waals surface area contributed by atoms with Crippen LogP contribution in [0, 0.1) is 11.3 Å². The van der Waals surface area contributed by atoms with Gasteiger partial charge in [0.05, 0.1) is 11.6 Å². The number of nitriles is 1. The summed E-state index contributed by atoms with van der Waals surface area (Å²) >= 11 is 0. The lowest BCUT2D eigenvalue weighted by atomic mass is 10.1. The van der Waals surface area contributed by atoms with Gasteiger partial charge in [-0.2, -0.15) is 5.26 Å². The molecule has 0 aliphatic heterocycles. The highest BCUT2D eigenvalue weighted by Gasteiger charge is 2.02. The van der Waals surface area contributed by atoms with Crippen LogP contribution in [0.4, 0.5) is 0 Å². The molecule has 0 aromatic heterocycles. The summed E-state index contributed by atoms with van der Waals surface area (Å²) in [6.45, 7) is 5.67. The predicted molar refractivity (Wildman–Crippen MR) is 81.0 cm³/mol. The Labute approximate surface area is 120 Å². The first-order valence-corrected chi connectivity index (χ1v) is 6.69. The maximum absolute atomic E-state index is 11.6. The number of amides is 1. The number of rotatable bonds is 6. The maximum Gasteiger partial charge on any atom is 0.244 e. The van der Waals surface area contributed by atoms with Crippen LogP contribution in [0.15, 0.2) is 30.3 Å². The van der Waals surface area contributed by atoms with E-state index in [1.165, 1.54) is 6.08 Å². The zero-order valence-corrected chi connectivity index (χ0v) is 12.3. The lowest BCUT2D eigenvalue weighted by Gasteiger charge is -2.20. The second-order valence-electron chi connectivity index (χ2n) is 4.94. The lowest BCUT2D eigenvalue weighted by Crippen LogP contribution is -2.35. The van der Waals surface area contributed by atoms with E-state index in [9.17, 15) is 4.79 Å². The van der Waals surface area contributed by atoms with Gasteiger partial charge in [0.1, 0.15) is 0 Å². The molecule has 1 aromatic carbocycles. The second-order valence-corrected chi connectivity index (χ2v) is 4.94. The van der Waals surface area contributed by atoms with Crippen molar-refractivity contribution in [3.05, 3.63) is 41.5 Å². The third kappa shape index (κ3) is 5.68. The number of carbonyl (C=O) groups is 1. The average molecular weight is 271 g/mol. The molecule has 0 fully saturated rings. The number of benzene rings is 1. The summed E-state index contributed by atoms with van der Waals surface area (Å²) < 4.78 is 0. The minimum atomic E-state index is -0.121. The number of hydrogen-bond donors (Lipinski definition) is 1. The van der Waals surface area contributed by atoms with Crippen molar-refractivity contribution in [2.24, 2.45) is 0 Å². The van der Waals surface area contributed by atoms with Gasteiger partial charge < -0.3 is 10.2 Å². The average Bonchev–Trinajstić information content (AvgIpc) is 2.45. The Morgan fingerprint density at radius 3 is 2.90 bits per heavy atom. The molecule has 106 valence electrons. The summed E-state index contributed by atoms with van der Waals surface area (Å²) in [5.74, 6) is -0.121. The molecule has 20 heavy (non-hydrogen) atoms. The van der Waals surface area contributed by atoms with E-state index in [0.717, 1.165) is 12.1 Å². The van der Waals surface area contributed by atoms with Crippen molar-refractivity contribution in [2.75, 3.05) is 20.1 Å². The fraction of sp³-hybridized carbons (Fsp3) is 0.375. The Bertz CT molecular complexity index is 515. The summed E-state index contributed by atoms with van der Waals surface area (Å²) in [6.07, 6.45) is 3.20. The van der Waals surface area contributed by atoms with Gasteiger partial charge in [-0.3, -0.25) is 4.79 Å². The summed E-state index contributed by atoms with van der Waals surface area (Å²) in [5, 5.41) is 11.6. The van der Waals surface area contributed by atoms with Crippen LogP contribution in [0.5, 0.6) is 0 Å². The van der Waals surface area contributed by atoms with Gasteiger partial charge in [-0.05, 0) is 44.7 Å². The summed E-state index contributed by atoms with van der Waals surface area (Å²) in [6, 6.07) is 9.68. The van der Waals surface area contributed by atoms with Gasteiger partial charge in [-0.25, -0.2) is 0 Å². The fourth-order valence-corrected chi connectivity index (χ4v) is 1.56. The number of carbonyl (C=O) groups excluding carboxylic acids is 1. The van der Waals surface area contributed by atoms with Crippen LogP contribution in [-0.4, -0.2) is 37.0 Å². The van der Waals surface area contributed by atoms with Gasteiger partial charge >= 0.3 is 0 Å². The van der Waals surface area contributed by atoms with Crippen LogP contribution in [0.2, 0.25) is 0 Å². The number of hydrogen-bond acceptors (Lipinski definition) is 3. The van der Waals surface area contributed by atoms with E-state index in [-0.39, 0.29) is 5.91 Å². The number of likely N-dealkylation sites (N-methyl/N-ethyl adjacent to an activating group) is 1. The monoisotopic (exact) mass is 271 g/mol. The fourth-order valence-electron chi connectivity index (χ4n) is 1.56. The van der Waals surface area contributed by atoms with E-state index >= 15 is 0 Å². The van der Waals surface area contributed by atoms with E-state index in [4.69, 9.17) is 5.26 Å². The van der Waals surface area contributed by atoms with E-state index in [1.54, 1.807) is 24.3 Å². The van der Waals surface area contributed by atoms with Gasteiger partial charge in [0, 0.05) is 25.2 Å². The summed E-state index contributed by atoms with van der Waals surface area (Å²) in [7, 11) is 2.03. The van der Waals surface area contributed by atoms with E-state index < -0.39 is 0 Å². The van der Waals surface area contributed by atoms with Gasteiger partial charge in [0.15, 0.2) is 0 Å². The SMILES string of the molecule is CC(C)N(C)CCNC(=O)C=Cc1cccc(C#N)c1. The molecule has 0 radical (unpaired) electrons. The zero-order valence-electron chi connectivity index (χ0n) is 12.3. The van der Waals surface area contributed by atoms with Crippen molar-refractivity contribution in [1.82, 2.24) is 10.2 Å².